The predicted octanol–water partition coefficient (Wildman–Crippen LogP) is 3.71. The number of amides is 1. The van der Waals surface area contributed by atoms with Crippen LogP contribution < -0.4 is 5.32 Å². The Balaban J connectivity index is 2.37. The van der Waals surface area contributed by atoms with E-state index in [0.29, 0.717) is 16.1 Å². The first-order valence-corrected chi connectivity index (χ1v) is 7.37. The summed E-state index contributed by atoms with van der Waals surface area (Å²) in [6, 6.07) is 5.70. The summed E-state index contributed by atoms with van der Waals surface area (Å²) in [6.07, 6.45) is 0. The molecule has 0 saturated carbocycles. The Hall–Kier alpha value is -2.14. The molecule has 0 aliphatic heterocycles. The molecule has 2 aromatic rings. The van der Waals surface area contributed by atoms with Gasteiger partial charge in [-0.15, -0.1) is 11.3 Å². The standard InChI is InChI=1S/C16H17NO3S/c1-9-6-5-7-10(2)12(9)15(18)17-13-11(3)8-21-14(13)16(19)20-4/h5-8H,1-4H3,(H,17,18). The highest BCUT2D eigenvalue weighted by molar-refractivity contribution is 7.12. The van der Waals surface area contributed by atoms with Gasteiger partial charge in [-0.2, -0.15) is 0 Å². The Morgan fingerprint density at radius 3 is 2.29 bits per heavy atom. The zero-order valence-electron chi connectivity index (χ0n) is 12.4. The van der Waals surface area contributed by atoms with Gasteiger partial charge in [0.25, 0.3) is 5.91 Å². The van der Waals surface area contributed by atoms with Gasteiger partial charge in [0.1, 0.15) is 4.88 Å². The lowest BCUT2D eigenvalue weighted by molar-refractivity contribution is 0.0607. The molecule has 1 aromatic heterocycles. The average Bonchev–Trinajstić information content (AvgIpc) is 2.79. The Labute approximate surface area is 127 Å². The number of nitrogens with one attached hydrogen (secondary N) is 1. The van der Waals surface area contributed by atoms with E-state index in [0.717, 1.165) is 16.7 Å². The summed E-state index contributed by atoms with van der Waals surface area (Å²) < 4.78 is 4.75. The molecule has 0 atom stereocenters. The minimum absolute atomic E-state index is 0.211. The van der Waals surface area contributed by atoms with E-state index >= 15 is 0 Å². The van der Waals surface area contributed by atoms with Crippen molar-refractivity contribution in [3.8, 4) is 0 Å². The topological polar surface area (TPSA) is 55.4 Å². The molecule has 5 heteroatoms. The molecule has 0 unspecified atom stereocenters. The number of ether oxygens (including phenoxy) is 1. The van der Waals surface area contributed by atoms with Crippen LogP contribution in [0.5, 0.6) is 0 Å². The molecule has 1 aromatic carbocycles. The third kappa shape index (κ3) is 2.97. The molecule has 0 radical (unpaired) electrons. The largest absolute Gasteiger partial charge is 0.465 e. The number of anilines is 1. The first kappa shape index (κ1) is 15.3. The fraction of sp³-hybridized carbons (Fsp3) is 0.250. The van der Waals surface area contributed by atoms with Crippen molar-refractivity contribution in [3.05, 3.63) is 50.7 Å². The molecule has 21 heavy (non-hydrogen) atoms. The zero-order chi connectivity index (χ0) is 15.6. The summed E-state index contributed by atoms with van der Waals surface area (Å²) in [5, 5.41) is 4.67. The number of esters is 1. The van der Waals surface area contributed by atoms with E-state index in [-0.39, 0.29) is 5.91 Å². The quantitative estimate of drug-likeness (QED) is 0.879. The number of aryl methyl sites for hydroxylation is 3. The van der Waals surface area contributed by atoms with Crippen LogP contribution in [-0.4, -0.2) is 19.0 Å². The lowest BCUT2D eigenvalue weighted by Gasteiger charge is -2.11. The van der Waals surface area contributed by atoms with Crippen molar-refractivity contribution in [2.75, 3.05) is 12.4 Å². The lowest BCUT2D eigenvalue weighted by Crippen LogP contribution is -2.17. The maximum absolute atomic E-state index is 12.5. The molecule has 0 aliphatic rings. The molecule has 0 spiro atoms. The Morgan fingerprint density at radius 2 is 1.71 bits per heavy atom. The van der Waals surface area contributed by atoms with Gasteiger partial charge in [-0.25, -0.2) is 4.79 Å². The van der Waals surface area contributed by atoms with Gasteiger partial charge in [0.05, 0.1) is 12.8 Å². The van der Waals surface area contributed by atoms with Crippen molar-refractivity contribution in [3.63, 3.8) is 0 Å². The molecule has 1 N–H and O–H groups in total. The lowest BCUT2D eigenvalue weighted by atomic mass is 10.0. The number of hydrogen-bond donors (Lipinski definition) is 1. The van der Waals surface area contributed by atoms with Crippen LogP contribution in [0, 0.1) is 20.8 Å². The van der Waals surface area contributed by atoms with Crippen LogP contribution in [0.3, 0.4) is 0 Å². The highest BCUT2D eigenvalue weighted by Gasteiger charge is 2.20. The minimum atomic E-state index is -0.440. The highest BCUT2D eigenvalue weighted by Crippen LogP contribution is 2.29. The van der Waals surface area contributed by atoms with E-state index in [1.165, 1.54) is 18.4 Å². The van der Waals surface area contributed by atoms with Crippen LogP contribution >= 0.6 is 11.3 Å². The fourth-order valence-corrected chi connectivity index (χ4v) is 3.11. The van der Waals surface area contributed by atoms with Crippen molar-refractivity contribution in [1.29, 1.82) is 0 Å². The fourth-order valence-electron chi connectivity index (χ4n) is 2.19. The number of methoxy groups -OCH3 is 1. The molecule has 4 nitrogen and oxygen atoms in total. The van der Waals surface area contributed by atoms with Gasteiger partial charge in [0, 0.05) is 5.56 Å². The number of hydrogen-bond acceptors (Lipinski definition) is 4. The third-order valence-corrected chi connectivity index (χ3v) is 4.37. The molecular weight excluding hydrogens is 286 g/mol. The van der Waals surface area contributed by atoms with Gasteiger partial charge in [-0.1, -0.05) is 18.2 Å². The van der Waals surface area contributed by atoms with Crippen LogP contribution in [-0.2, 0) is 4.74 Å². The van der Waals surface area contributed by atoms with E-state index < -0.39 is 5.97 Å². The summed E-state index contributed by atoms with van der Waals surface area (Å²) in [6.45, 7) is 5.64. The molecule has 0 fully saturated rings. The maximum Gasteiger partial charge on any atom is 0.350 e. The number of carbonyl (C=O) groups is 2. The average molecular weight is 303 g/mol. The molecule has 0 aliphatic carbocycles. The molecule has 110 valence electrons. The van der Waals surface area contributed by atoms with Crippen molar-refractivity contribution >= 4 is 28.9 Å². The van der Waals surface area contributed by atoms with Crippen molar-refractivity contribution in [2.24, 2.45) is 0 Å². The Bertz CT molecular complexity index is 683. The normalized spacial score (nSPS) is 10.3. The van der Waals surface area contributed by atoms with Crippen molar-refractivity contribution in [2.45, 2.75) is 20.8 Å². The second kappa shape index (κ2) is 6.10. The minimum Gasteiger partial charge on any atom is -0.465 e. The smallest absolute Gasteiger partial charge is 0.350 e. The number of thiophene rings is 1. The highest BCUT2D eigenvalue weighted by atomic mass is 32.1. The van der Waals surface area contributed by atoms with Crippen LogP contribution in [0.15, 0.2) is 23.6 Å². The predicted molar refractivity (Wildman–Crippen MR) is 84.3 cm³/mol. The second-order valence-electron chi connectivity index (χ2n) is 4.84. The van der Waals surface area contributed by atoms with Gasteiger partial charge in [0.15, 0.2) is 0 Å². The maximum atomic E-state index is 12.5. The molecule has 0 saturated heterocycles. The summed E-state index contributed by atoms with van der Waals surface area (Å²) in [7, 11) is 1.33. The molecule has 2 rings (SSSR count). The van der Waals surface area contributed by atoms with E-state index in [9.17, 15) is 9.59 Å². The second-order valence-corrected chi connectivity index (χ2v) is 5.72. The first-order chi connectivity index (χ1) is 9.95. The molecule has 1 amide bonds. The van der Waals surface area contributed by atoms with Crippen LogP contribution in [0.25, 0.3) is 0 Å². The third-order valence-electron chi connectivity index (χ3n) is 3.29. The van der Waals surface area contributed by atoms with Gasteiger partial charge < -0.3 is 10.1 Å². The number of benzene rings is 1. The van der Waals surface area contributed by atoms with E-state index in [2.05, 4.69) is 5.32 Å². The van der Waals surface area contributed by atoms with E-state index in [1.807, 2.05) is 44.4 Å². The summed E-state index contributed by atoms with van der Waals surface area (Å²) >= 11 is 1.27. The van der Waals surface area contributed by atoms with E-state index in [1.54, 1.807) is 0 Å². The molecule has 1 heterocycles. The summed E-state index contributed by atoms with van der Waals surface area (Å²) in [5.74, 6) is -0.651. The van der Waals surface area contributed by atoms with Crippen molar-refractivity contribution < 1.29 is 14.3 Å². The van der Waals surface area contributed by atoms with Crippen LogP contribution in [0.4, 0.5) is 5.69 Å². The van der Waals surface area contributed by atoms with Gasteiger partial charge >= 0.3 is 5.97 Å². The van der Waals surface area contributed by atoms with Gasteiger partial charge in [-0.05, 0) is 42.8 Å². The van der Waals surface area contributed by atoms with Crippen LogP contribution in [0.1, 0.15) is 36.7 Å². The SMILES string of the molecule is COC(=O)c1scc(C)c1NC(=O)c1c(C)cccc1C. The molecular formula is C16H17NO3S. The Kier molecular flexibility index (Phi) is 4.43. The van der Waals surface area contributed by atoms with Gasteiger partial charge in [0.2, 0.25) is 0 Å². The van der Waals surface area contributed by atoms with Crippen molar-refractivity contribution in [1.82, 2.24) is 0 Å². The molecule has 0 bridgehead atoms. The zero-order valence-corrected chi connectivity index (χ0v) is 13.3. The van der Waals surface area contributed by atoms with Gasteiger partial charge in [-0.3, -0.25) is 4.79 Å². The monoisotopic (exact) mass is 303 g/mol. The number of rotatable bonds is 3. The summed E-state index contributed by atoms with van der Waals surface area (Å²) in [5.41, 5.74) is 3.82. The Morgan fingerprint density at radius 1 is 1.10 bits per heavy atom. The summed E-state index contributed by atoms with van der Waals surface area (Å²) in [4.78, 5) is 24.7. The van der Waals surface area contributed by atoms with Crippen LogP contribution in [0.2, 0.25) is 0 Å². The van der Waals surface area contributed by atoms with E-state index in [4.69, 9.17) is 4.74 Å². The first-order valence-electron chi connectivity index (χ1n) is 6.49. The number of carbonyl (C=O) groups excluding carboxylic acids is 2.